The highest BCUT2D eigenvalue weighted by Crippen LogP contribution is 2.16. The molecule has 0 aromatic carbocycles. The van der Waals surface area contributed by atoms with Gasteiger partial charge in [0.15, 0.2) is 0 Å². The quantitative estimate of drug-likeness (QED) is 0.714. The molecule has 0 saturated carbocycles. The standard InChI is InChI=1S/C12H20N2O2/c1-10(2)14-8-11-4-5-13-9-12(11)16-7-6-15-3/h4-5,9-10,14H,6-8H2,1-3H3. The molecule has 4 nitrogen and oxygen atoms in total. The lowest BCUT2D eigenvalue weighted by atomic mass is 10.2. The minimum Gasteiger partial charge on any atom is -0.489 e. The predicted molar refractivity (Wildman–Crippen MR) is 63.6 cm³/mol. The number of hydrogen-bond acceptors (Lipinski definition) is 4. The van der Waals surface area contributed by atoms with Crippen LogP contribution in [0.3, 0.4) is 0 Å². The van der Waals surface area contributed by atoms with E-state index in [1.54, 1.807) is 19.5 Å². The van der Waals surface area contributed by atoms with Crippen molar-refractivity contribution in [3.8, 4) is 5.75 Å². The zero-order valence-corrected chi connectivity index (χ0v) is 10.2. The van der Waals surface area contributed by atoms with Crippen molar-refractivity contribution in [2.75, 3.05) is 20.3 Å². The molecule has 0 amide bonds. The highest BCUT2D eigenvalue weighted by molar-refractivity contribution is 5.29. The SMILES string of the molecule is COCCOc1cnccc1CNC(C)C. The summed E-state index contributed by atoms with van der Waals surface area (Å²) in [7, 11) is 1.66. The Morgan fingerprint density at radius 1 is 1.38 bits per heavy atom. The topological polar surface area (TPSA) is 43.4 Å². The van der Waals surface area contributed by atoms with Gasteiger partial charge in [-0.25, -0.2) is 0 Å². The van der Waals surface area contributed by atoms with E-state index in [0.29, 0.717) is 19.3 Å². The highest BCUT2D eigenvalue weighted by Gasteiger charge is 2.03. The minimum absolute atomic E-state index is 0.458. The summed E-state index contributed by atoms with van der Waals surface area (Å²) < 4.78 is 10.5. The van der Waals surface area contributed by atoms with Crippen molar-refractivity contribution >= 4 is 0 Å². The molecule has 1 rings (SSSR count). The largest absolute Gasteiger partial charge is 0.489 e. The van der Waals surface area contributed by atoms with Crippen LogP contribution < -0.4 is 10.1 Å². The van der Waals surface area contributed by atoms with Crippen LogP contribution in [0.2, 0.25) is 0 Å². The minimum atomic E-state index is 0.458. The second-order valence-electron chi connectivity index (χ2n) is 3.86. The molecular formula is C12H20N2O2. The van der Waals surface area contributed by atoms with E-state index in [4.69, 9.17) is 9.47 Å². The first-order valence-electron chi connectivity index (χ1n) is 5.52. The average Bonchev–Trinajstić information content (AvgIpc) is 2.28. The van der Waals surface area contributed by atoms with Crippen LogP contribution in [-0.2, 0) is 11.3 Å². The van der Waals surface area contributed by atoms with Crippen LogP contribution in [0.4, 0.5) is 0 Å². The first kappa shape index (κ1) is 12.9. The maximum absolute atomic E-state index is 5.58. The van der Waals surface area contributed by atoms with Crippen LogP contribution in [-0.4, -0.2) is 31.3 Å². The van der Waals surface area contributed by atoms with Crippen molar-refractivity contribution < 1.29 is 9.47 Å². The third kappa shape index (κ3) is 4.59. The summed E-state index contributed by atoms with van der Waals surface area (Å²) in [5.41, 5.74) is 1.12. The van der Waals surface area contributed by atoms with Gasteiger partial charge in [-0.2, -0.15) is 0 Å². The Bertz CT molecular complexity index is 303. The molecular weight excluding hydrogens is 204 g/mol. The van der Waals surface area contributed by atoms with Crippen LogP contribution in [0.15, 0.2) is 18.5 Å². The van der Waals surface area contributed by atoms with E-state index >= 15 is 0 Å². The number of hydrogen-bond donors (Lipinski definition) is 1. The summed E-state index contributed by atoms with van der Waals surface area (Å²) >= 11 is 0. The molecule has 1 N–H and O–H groups in total. The van der Waals surface area contributed by atoms with E-state index in [9.17, 15) is 0 Å². The molecule has 0 aliphatic carbocycles. The summed E-state index contributed by atoms with van der Waals surface area (Å²) in [5, 5.41) is 3.35. The van der Waals surface area contributed by atoms with Gasteiger partial charge in [0.1, 0.15) is 12.4 Å². The summed E-state index contributed by atoms with van der Waals surface area (Å²) in [5.74, 6) is 0.827. The Kier molecular flexibility index (Phi) is 5.82. The summed E-state index contributed by atoms with van der Waals surface area (Å²) in [4.78, 5) is 4.06. The lowest BCUT2D eigenvalue weighted by Crippen LogP contribution is -2.22. The number of ether oxygens (including phenoxy) is 2. The fraction of sp³-hybridized carbons (Fsp3) is 0.583. The zero-order valence-electron chi connectivity index (χ0n) is 10.2. The van der Waals surface area contributed by atoms with Crippen molar-refractivity contribution in [3.05, 3.63) is 24.0 Å². The highest BCUT2D eigenvalue weighted by atomic mass is 16.5. The van der Waals surface area contributed by atoms with Crippen molar-refractivity contribution in [2.45, 2.75) is 26.4 Å². The molecule has 16 heavy (non-hydrogen) atoms. The van der Waals surface area contributed by atoms with E-state index in [1.165, 1.54) is 0 Å². The van der Waals surface area contributed by atoms with E-state index in [-0.39, 0.29) is 0 Å². The zero-order chi connectivity index (χ0) is 11.8. The molecule has 1 heterocycles. The Balaban J connectivity index is 2.53. The maximum atomic E-state index is 5.58. The van der Waals surface area contributed by atoms with Gasteiger partial charge in [-0.15, -0.1) is 0 Å². The van der Waals surface area contributed by atoms with E-state index < -0.39 is 0 Å². The lowest BCUT2D eigenvalue weighted by Gasteiger charge is -2.12. The number of methoxy groups -OCH3 is 1. The van der Waals surface area contributed by atoms with Crippen LogP contribution in [0.5, 0.6) is 5.75 Å². The van der Waals surface area contributed by atoms with E-state index in [0.717, 1.165) is 17.9 Å². The molecule has 4 heteroatoms. The van der Waals surface area contributed by atoms with Gasteiger partial charge in [0.25, 0.3) is 0 Å². The number of aromatic nitrogens is 1. The fourth-order valence-corrected chi connectivity index (χ4v) is 1.23. The molecule has 0 bridgehead atoms. The van der Waals surface area contributed by atoms with Gasteiger partial charge in [0.2, 0.25) is 0 Å². The summed E-state index contributed by atoms with van der Waals surface area (Å²) in [6, 6.07) is 2.43. The Morgan fingerprint density at radius 3 is 2.88 bits per heavy atom. The van der Waals surface area contributed by atoms with Gasteiger partial charge in [-0.3, -0.25) is 4.98 Å². The maximum Gasteiger partial charge on any atom is 0.142 e. The van der Waals surface area contributed by atoms with Crippen LogP contribution in [0.1, 0.15) is 19.4 Å². The van der Waals surface area contributed by atoms with E-state index in [2.05, 4.69) is 24.1 Å². The smallest absolute Gasteiger partial charge is 0.142 e. The monoisotopic (exact) mass is 224 g/mol. The summed E-state index contributed by atoms with van der Waals surface area (Å²) in [6.07, 6.45) is 3.52. The van der Waals surface area contributed by atoms with Crippen molar-refractivity contribution in [1.29, 1.82) is 0 Å². The molecule has 0 aliphatic heterocycles. The molecule has 0 radical (unpaired) electrons. The first-order valence-corrected chi connectivity index (χ1v) is 5.52. The normalized spacial score (nSPS) is 10.8. The van der Waals surface area contributed by atoms with Crippen LogP contribution >= 0.6 is 0 Å². The molecule has 0 fully saturated rings. The van der Waals surface area contributed by atoms with Gasteiger partial charge in [-0.1, -0.05) is 13.8 Å². The molecule has 0 atom stereocenters. The number of rotatable bonds is 7. The Labute approximate surface area is 97.0 Å². The molecule has 0 spiro atoms. The molecule has 90 valence electrons. The van der Waals surface area contributed by atoms with Crippen molar-refractivity contribution in [1.82, 2.24) is 10.3 Å². The molecule has 1 aromatic rings. The molecule has 0 aliphatic rings. The van der Waals surface area contributed by atoms with Gasteiger partial charge in [0, 0.05) is 31.5 Å². The van der Waals surface area contributed by atoms with Gasteiger partial charge in [0.05, 0.1) is 12.8 Å². The molecule has 0 unspecified atom stereocenters. The van der Waals surface area contributed by atoms with Crippen molar-refractivity contribution in [3.63, 3.8) is 0 Å². The third-order valence-corrected chi connectivity index (χ3v) is 2.12. The van der Waals surface area contributed by atoms with E-state index in [1.807, 2.05) is 6.07 Å². The van der Waals surface area contributed by atoms with Gasteiger partial charge < -0.3 is 14.8 Å². The molecule has 0 saturated heterocycles. The van der Waals surface area contributed by atoms with Crippen LogP contribution in [0.25, 0.3) is 0 Å². The van der Waals surface area contributed by atoms with Gasteiger partial charge in [-0.05, 0) is 6.07 Å². The number of pyridine rings is 1. The number of nitrogens with zero attached hydrogens (tertiary/aromatic N) is 1. The second-order valence-corrected chi connectivity index (χ2v) is 3.86. The lowest BCUT2D eigenvalue weighted by molar-refractivity contribution is 0.145. The second kappa shape index (κ2) is 7.19. The number of nitrogens with one attached hydrogen (secondary N) is 1. The Hall–Kier alpha value is -1.13. The first-order chi connectivity index (χ1) is 7.74. The van der Waals surface area contributed by atoms with Crippen LogP contribution in [0, 0.1) is 0 Å². The summed E-state index contributed by atoms with van der Waals surface area (Å²) in [6.45, 7) is 6.17. The molecule has 1 aromatic heterocycles. The fourth-order valence-electron chi connectivity index (χ4n) is 1.23. The predicted octanol–water partition coefficient (Wildman–Crippen LogP) is 1.60. The Morgan fingerprint density at radius 2 is 2.19 bits per heavy atom. The van der Waals surface area contributed by atoms with Crippen molar-refractivity contribution in [2.24, 2.45) is 0 Å². The van der Waals surface area contributed by atoms with Gasteiger partial charge >= 0.3 is 0 Å². The third-order valence-electron chi connectivity index (χ3n) is 2.12. The average molecular weight is 224 g/mol.